The predicted octanol–water partition coefficient (Wildman–Crippen LogP) is 2.95. The van der Waals surface area contributed by atoms with Crippen LogP contribution in [0, 0.1) is 0 Å². The third kappa shape index (κ3) is 3.65. The molecule has 0 atom stereocenters. The number of anilines is 1. The Bertz CT molecular complexity index is 1000. The van der Waals surface area contributed by atoms with Gasteiger partial charge in [-0.05, 0) is 44.8 Å². The standard InChI is InChI=1S/C16H14Br2N2O7/c1-3-27-6-4-5(10(17)11(18)12(6)26-2)7-8(15(22)23)13(19)20-14(21)9(7)16(24)25/h4H,3H2,1-2H3,(H,22,23)(H,24,25)(H3,19,20,21). The number of nitrogens with one attached hydrogen (secondary N) is 1. The van der Waals surface area contributed by atoms with E-state index in [0.29, 0.717) is 10.2 Å². The van der Waals surface area contributed by atoms with Crippen molar-refractivity contribution >= 4 is 49.6 Å². The quantitative estimate of drug-likeness (QED) is 0.467. The van der Waals surface area contributed by atoms with Gasteiger partial charge in [-0.1, -0.05) is 0 Å². The minimum Gasteiger partial charge on any atom is -0.492 e. The molecular formula is C16H14Br2N2O7. The number of hydrogen-bond donors (Lipinski definition) is 4. The van der Waals surface area contributed by atoms with E-state index < -0.39 is 34.4 Å². The number of benzene rings is 1. The number of carboxylic acid groups (broad SMARTS) is 2. The zero-order valence-electron chi connectivity index (χ0n) is 14.1. The van der Waals surface area contributed by atoms with E-state index in [9.17, 15) is 24.6 Å². The molecule has 1 aromatic heterocycles. The van der Waals surface area contributed by atoms with Crippen LogP contribution in [0.2, 0.25) is 0 Å². The van der Waals surface area contributed by atoms with Crippen molar-refractivity contribution in [3.05, 3.63) is 36.5 Å². The van der Waals surface area contributed by atoms with Gasteiger partial charge >= 0.3 is 11.9 Å². The van der Waals surface area contributed by atoms with E-state index >= 15 is 0 Å². The molecule has 0 spiro atoms. The van der Waals surface area contributed by atoms with Crippen molar-refractivity contribution < 1.29 is 29.3 Å². The Morgan fingerprint density at radius 1 is 1.19 bits per heavy atom. The maximum atomic E-state index is 12.2. The number of ether oxygens (including phenoxy) is 2. The van der Waals surface area contributed by atoms with Crippen LogP contribution >= 0.6 is 31.9 Å². The number of aromatic amines is 1. The average molecular weight is 506 g/mol. The van der Waals surface area contributed by atoms with Gasteiger partial charge in [-0.2, -0.15) is 0 Å². The number of carbonyl (C=O) groups is 2. The molecule has 144 valence electrons. The van der Waals surface area contributed by atoms with Crippen LogP contribution in [0.4, 0.5) is 5.82 Å². The molecule has 2 aromatic rings. The van der Waals surface area contributed by atoms with Gasteiger partial charge in [0.2, 0.25) is 0 Å². The summed E-state index contributed by atoms with van der Waals surface area (Å²) >= 11 is 6.59. The lowest BCUT2D eigenvalue weighted by molar-refractivity contribution is 0.0695. The number of H-pyrrole nitrogens is 1. The molecule has 0 amide bonds. The van der Waals surface area contributed by atoms with Crippen LogP contribution in [0.25, 0.3) is 11.1 Å². The van der Waals surface area contributed by atoms with E-state index in [4.69, 9.17) is 15.2 Å². The molecule has 1 heterocycles. The van der Waals surface area contributed by atoms with Gasteiger partial charge in [0.25, 0.3) is 5.56 Å². The van der Waals surface area contributed by atoms with Crippen molar-refractivity contribution in [2.45, 2.75) is 6.92 Å². The van der Waals surface area contributed by atoms with Crippen molar-refractivity contribution in [1.82, 2.24) is 4.98 Å². The summed E-state index contributed by atoms with van der Waals surface area (Å²) in [5, 5.41) is 19.1. The highest BCUT2D eigenvalue weighted by atomic mass is 79.9. The first-order chi connectivity index (χ1) is 12.6. The average Bonchev–Trinajstić information content (AvgIpc) is 2.57. The predicted molar refractivity (Wildman–Crippen MR) is 104 cm³/mol. The highest BCUT2D eigenvalue weighted by Gasteiger charge is 2.30. The molecule has 0 radical (unpaired) electrons. The van der Waals surface area contributed by atoms with Crippen LogP contribution in [0.15, 0.2) is 19.8 Å². The summed E-state index contributed by atoms with van der Waals surface area (Å²) in [4.78, 5) is 37.7. The third-order valence-corrected chi connectivity index (χ3v) is 5.69. The molecule has 0 aliphatic carbocycles. The number of aromatic nitrogens is 1. The van der Waals surface area contributed by atoms with Crippen LogP contribution in [-0.4, -0.2) is 40.9 Å². The summed E-state index contributed by atoms with van der Waals surface area (Å²) in [5.41, 5.74) is 3.04. The van der Waals surface area contributed by atoms with Gasteiger partial charge in [0.15, 0.2) is 11.5 Å². The normalized spacial score (nSPS) is 10.5. The molecule has 5 N–H and O–H groups in total. The first-order valence-electron chi connectivity index (χ1n) is 7.37. The van der Waals surface area contributed by atoms with Gasteiger partial charge in [-0.15, -0.1) is 0 Å². The number of halogens is 2. The molecule has 11 heteroatoms. The second-order valence-corrected chi connectivity index (χ2v) is 6.71. The number of aromatic carboxylic acids is 2. The summed E-state index contributed by atoms with van der Waals surface area (Å²) in [5.74, 6) is -3.05. The number of carboxylic acids is 2. The number of nitrogen functional groups attached to an aromatic ring is 1. The highest BCUT2D eigenvalue weighted by Crippen LogP contribution is 2.47. The third-order valence-electron chi connectivity index (χ3n) is 3.57. The van der Waals surface area contributed by atoms with Gasteiger partial charge in [0.1, 0.15) is 16.9 Å². The Morgan fingerprint density at radius 3 is 2.26 bits per heavy atom. The molecule has 2 rings (SSSR count). The van der Waals surface area contributed by atoms with Gasteiger partial charge in [0.05, 0.1) is 18.2 Å². The first kappa shape index (κ1) is 20.8. The summed E-state index contributed by atoms with van der Waals surface area (Å²) < 4.78 is 11.4. The fourth-order valence-corrected chi connectivity index (χ4v) is 3.60. The fourth-order valence-electron chi connectivity index (χ4n) is 2.54. The van der Waals surface area contributed by atoms with Crippen molar-refractivity contribution in [2.75, 3.05) is 19.5 Å². The van der Waals surface area contributed by atoms with E-state index in [1.807, 2.05) is 0 Å². The molecule has 1 aromatic carbocycles. The maximum Gasteiger partial charge on any atom is 0.342 e. The van der Waals surface area contributed by atoms with Crippen LogP contribution in [0.1, 0.15) is 27.6 Å². The van der Waals surface area contributed by atoms with Crippen molar-refractivity contribution in [1.29, 1.82) is 0 Å². The van der Waals surface area contributed by atoms with Gasteiger partial charge in [-0.25, -0.2) is 9.59 Å². The van der Waals surface area contributed by atoms with E-state index in [-0.39, 0.29) is 28.0 Å². The molecule has 27 heavy (non-hydrogen) atoms. The maximum absolute atomic E-state index is 12.2. The molecule has 0 bridgehead atoms. The Balaban J connectivity index is 3.08. The van der Waals surface area contributed by atoms with Crippen LogP contribution in [0.3, 0.4) is 0 Å². The van der Waals surface area contributed by atoms with Crippen molar-refractivity contribution in [3.63, 3.8) is 0 Å². The van der Waals surface area contributed by atoms with Gasteiger partial charge < -0.3 is 30.4 Å². The second kappa shape index (κ2) is 8.01. The Kier molecular flexibility index (Phi) is 6.16. The minimum atomic E-state index is -1.61. The lowest BCUT2D eigenvalue weighted by atomic mass is 9.95. The number of methoxy groups -OCH3 is 1. The molecule has 0 fully saturated rings. The zero-order valence-corrected chi connectivity index (χ0v) is 17.2. The summed E-state index contributed by atoms with van der Waals surface area (Å²) in [6, 6.07) is 1.38. The summed E-state index contributed by atoms with van der Waals surface area (Å²) in [6.45, 7) is 1.99. The number of rotatable bonds is 6. The summed E-state index contributed by atoms with van der Waals surface area (Å²) in [6.07, 6.45) is 0. The molecule has 9 nitrogen and oxygen atoms in total. The van der Waals surface area contributed by atoms with E-state index in [1.165, 1.54) is 13.2 Å². The lowest BCUT2D eigenvalue weighted by Crippen LogP contribution is -2.24. The number of nitrogens with two attached hydrogens (primary N) is 1. The van der Waals surface area contributed by atoms with Crippen LogP contribution < -0.4 is 20.8 Å². The van der Waals surface area contributed by atoms with E-state index in [2.05, 4.69) is 36.8 Å². The first-order valence-corrected chi connectivity index (χ1v) is 8.95. The lowest BCUT2D eigenvalue weighted by Gasteiger charge is -2.18. The molecule has 0 aliphatic heterocycles. The Labute approximate surface area is 169 Å². The van der Waals surface area contributed by atoms with E-state index in [1.54, 1.807) is 6.92 Å². The SMILES string of the molecule is CCOc1cc(-c2c(C(=O)O)c(N)[nH]c(=O)c2C(=O)O)c(Br)c(Br)c1OC. The second-order valence-electron chi connectivity index (χ2n) is 5.12. The molecule has 0 unspecified atom stereocenters. The molecule has 0 aliphatic rings. The van der Waals surface area contributed by atoms with Crippen molar-refractivity contribution in [2.24, 2.45) is 0 Å². The van der Waals surface area contributed by atoms with Crippen molar-refractivity contribution in [3.8, 4) is 22.6 Å². The fraction of sp³-hybridized carbons (Fsp3) is 0.188. The monoisotopic (exact) mass is 504 g/mol. The zero-order chi connectivity index (χ0) is 20.5. The Hall–Kier alpha value is -2.53. The molecule has 0 saturated carbocycles. The number of pyridine rings is 1. The molecular weight excluding hydrogens is 492 g/mol. The highest BCUT2D eigenvalue weighted by molar-refractivity contribution is 9.13. The smallest absolute Gasteiger partial charge is 0.342 e. The topological polar surface area (TPSA) is 152 Å². The van der Waals surface area contributed by atoms with E-state index in [0.717, 1.165) is 0 Å². The molecule has 0 saturated heterocycles. The largest absolute Gasteiger partial charge is 0.492 e. The summed E-state index contributed by atoms with van der Waals surface area (Å²) in [7, 11) is 1.41. The van der Waals surface area contributed by atoms with Gasteiger partial charge in [0, 0.05) is 15.6 Å². The van der Waals surface area contributed by atoms with Crippen LogP contribution in [-0.2, 0) is 0 Å². The van der Waals surface area contributed by atoms with Crippen LogP contribution in [0.5, 0.6) is 11.5 Å². The minimum absolute atomic E-state index is 0.0822. The number of hydrogen-bond acceptors (Lipinski definition) is 6. The Morgan fingerprint density at radius 2 is 1.78 bits per heavy atom. The van der Waals surface area contributed by atoms with Gasteiger partial charge in [-0.3, -0.25) is 4.79 Å².